The number of benzene rings is 3. The molecule has 1 aliphatic rings. The molecule has 0 N–H and O–H groups in total. The normalized spacial score (nSPS) is 18.9. The predicted molar refractivity (Wildman–Crippen MR) is 168 cm³/mol. The average Bonchev–Trinajstić information content (AvgIpc) is 3.04. The van der Waals surface area contributed by atoms with E-state index in [1.165, 1.54) is 0 Å². The van der Waals surface area contributed by atoms with Gasteiger partial charge in [-0.3, -0.25) is 4.79 Å². The molecule has 0 aliphatic heterocycles. The zero-order chi connectivity index (χ0) is 30.9. The van der Waals surface area contributed by atoms with Crippen molar-refractivity contribution < 1.29 is 28.5 Å². The zero-order valence-electron chi connectivity index (χ0n) is 25.9. The van der Waals surface area contributed by atoms with E-state index in [1.807, 2.05) is 81.4 Å². The van der Waals surface area contributed by atoms with E-state index in [0.717, 1.165) is 28.5 Å². The van der Waals surface area contributed by atoms with Crippen LogP contribution in [0.2, 0.25) is 0 Å². The van der Waals surface area contributed by atoms with Gasteiger partial charge in [-0.25, -0.2) is 0 Å². The number of Topliss-reactive ketones (excluding diaryl/α,β-unsaturated/α-hetero) is 1. The summed E-state index contributed by atoms with van der Waals surface area (Å²) in [6.07, 6.45) is 2.67. The lowest BCUT2D eigenvalue weighted by atomic mass is 9.58. The molecule has 3 aromatic rings. The second-order valence-corrected chi connectivity index (χ2v) is 11.9. The van der Waals surface area contributed by atoms with Crippen LogP contribution in [-0.4, -0.2) is 51.9 Å². The Kier molecular flexibility index (Phi) is 11.2. The monoisotopic (exact) mass is 584 g/mol. The first-order valence-electron chi connectivity index (χ1n) is 14.9. The minimum atomic E-state index is -0.956. The summed E-state index contributed by atoms with van der Waals surface area (Å²) in [6, 6.07) is 30.5. The highest BCUT2D eigenvalue weighted by atomic mass is 16.7. The SMILES string of the molecule is COCO[C@@H]([C@H](COC(c1ccccc1)(c1ccccc1)c1ccccc1)[C@@H]1CC(C)(C)C1=O)[C@H](/C=C(\C)CC=O)OC. The van der Waals surface area contributed by atoms with Crippen molar-refractivity contribution in [2.24, 2.45) is 17.3 Å². The number of hydrogen-bond donors (Lipinski definition) is 0. The molecule has 228 valence electrons. The Balaban J connectivity index is 1.85. The fraction of sp³-hybridized carbons (Fsp3) is 0.405. The Morgan fingerprint density at radius 1 is 0.907 bits per heavy atom. The van der Waals surface area contributed by atoms with E-state index < -0.39 is 23.2 Å². The number of aldehydes is 1. The molecule has 0 aromatic heterocycles. The first-order valence-corrected chi connectivity index (χ1v) is 14.9. The number of methoxy groups -OCH3 is 2. The van der Waals surface area contributed by atoms with E-state index in [9.17, 15) is 9.59 Å². The van der Waals surface area contributed by atoms with E-state index in [4.69, 9.17) is 18.9 Å². The molecular formula is C37H44O6. The quantitative estimate of drug-likeness (QED) is 0.0801. The van der Waals surface area contributed by atoms with Crippen molar-refractivity contribution in [1.29, 1.82) is 0 Å². The van der Waals surface area contributed by atoms with Crippen molar-refractivity contribution >= 4 is 12.1 Å². The first-order chi connectivity index (χ1) is 20.8. The molecule has 0 bridgehead atoms. The van der Waals surface area contributed by atoms with Crippen molar-refractivity contribution in [2.45, 2.75) is 51.4 Å². The van der Waals surface area contributed by atoms with Crippen LogP contribution >= 0.6 is 0 Å². The Hall–Kier alpha value is -3.42. The number of ketones is 1. The molecule has 6 nitrogen and oxygen atoms in total. The number of rotatable bonds is 16. The third-order valence-electron chi connectivity index (χ3n) is 8.53. The van der Waals surface area contributed by atoms with Crippen molar-refractivity contribution in [3.05, 3.63) is 119 Å². The van der Waals surface area contributed by atoms with Crippen LogP contribution in [0.5, 0.6) is 0 Å². The molecule has 1 saturated carbocycles. The van der Waals surface area contributed by atoms with E-state index >= 15 is 0 Å². The maximum absolute atomic E-state index is 13.6. The molecule has 0 radical (unpaired) electrons. The van der Waals surface area contributed by atoms with Crippen LogP contribution < -0.4 is 0 Å². The van der Waals surface area contributed by atoms with Crippen molar-refractivity contribution in [3.8, 4) is 0 Å². The summed E-state index contributed by atoms with van der Waals surface area (Å²) in [4.78, 5) is 24.9. The van der Waals surface area contributed by atoms with Gasteiger partial charge in [-0.1, -0.05) is 116 Å². The molecule has 0 amide bonds. The van der Waals surface area contributed by atoms with Gasteiger partial charge in [0.25, 0.3) is 0 Å². The minimum Gasteiger partial charge on any atom is -0.375 e. The van der Waals surface area contributed by atoms with Gasteiger partial charge in [0, 0.05) is 37.9 Å². The summed E-state index contributed by atoms with van der Waals surface area (Å²) >= 11 is 0. The molecule has 4 rings (SSSR count). The van der Waals surface area contributed by atoms with E-state index in [-0.39, 0.29) is 37.4 Å². The number of hydrogen-bond acceptors (Lipinski definition) is 6. The molecule has 1 aliphatic carbocycles. The number of allylic oxidation sites excluding steroid dienone is 1. The molecule has 1 fully saturated rings. The first kappa shape index (κ1) is 32.5. The topological polar surface area (TPSA) is 71.1 Å². The molecule has 0 spiro atoms. The van der Waals surface area contributed by atoms with Gasteiger partial charge in [0.1, 0.15) is 30.6 Å². The van der Waals surface area contributed by atoms with E-state index in [2.05, 4.69) is 36.4 Å². The Morgan fingerprint density at radius 2 is 1.42 bits per heavy atom. The summed E-state index contributed by atoms with van der Waals surface area (Å²) in [5.41, 5.74) is 2.42. The van der Waals surface area contributed by atoms with Gasteiger partial charge in [0.2, 0.25) is 0 Å². The summed E-state index contributed by atoms with van der Waals surface area (Å²) in [7, 11) is 3.19. The fourth-order valence-corrected chi connectivity index (χ4v) is 6.28. The minimum absolute atomic E-state index is 0.0209. The molecule has 6 heteroatoms. The Labute approximate surface area is 256 Å². The molecule has 0 unspecified atom stereocenters. The highest BCUT2D eigenvalue weighted by molar-refractivity contribution is 5.92. The molecule has 0 saturated heterocycles. The lowest BCUT2D eigenvalue weighted by Gasteiger charge is -2.48. The lowest BCUT2D eigenvalue weighted by molar-refractivity contribution is -0.177. The van der Waals surface area contributed by atoms with E-state index in [1.54, 1.807) is 14.2 Å². The Bertz CT molecular complexity index is 1240. The van der Waals surface area contributed by atoms with Crippen LogP contribution in [0.3, 0.4) is 0 Å². The summed E-state index contributed by atoms with van der Waals surface area (Å²) < 4.78 is 24.9. The predicted octanol–water partition coefficient (Wildman–Crippen LogP) is 6.77. The number of carbonyl (C=O) groups is 2. The fourth-order valence-electron chi connectivity index (χ4n) is 6.28. The number of ether oxygens (including phenoxy) is 4. The highest BCUT2D eigenvalue weighted by Gasteiger charge is 2.53. The maximum Gasteiger partial charge on any atom is 0.146 e. The Morgan fingerprint density at radius 3 is 1.81 bits per heavy atom. The molecule has 43 heavy (non-hydrogen) atoms. The van der Waals surface area contributed by atoms with Crippen LogP contribution in [0.4, 0.5) is 0 Å². The second-order valence-electron chi connectivity index (χ2n) is 11.9. The van der Waals surface area contributed by atoms with Gasteiger partial charge >= 0.3 is 0 Å². The highest BCUT2D eigenvalue weighted by Crippen LogP contribution is 2.48. The van der Waals surface area contributed by atoms with Crippen molar-refractivity contribution in [3.63, 3.8) is 0 Å². The smallest absolute Gasteiger partial charge is 0.146 e. The molecular weight excluding hydrogens is 540 g/mol. The lowest BCUT2D eigenvalue weighted by Crippen LogP contribution is -2.55. The molecule has 0 heterocycles. The summed E-state index contributed by atoms with van der Waals surface area (Å²) in [5, 5.41) is 0. The van der Waals surface area contributed by atoms with Gasteiger partial charge < -0.3 is 23.7 Å². The van der Waals surface area contributed by atoms with Crippen molar-refractivity contribution in [1.82, 2.24) is 0 Å². The number of carbonyl (C=O) groups excluding carboxylic acids is 2. The van der Waals surface area contributed by atoms with Crippen LogP contribution in [-0.2, 0) is 34.1 Å². The van der Waals surface area contributed by atoms with Crippen LogP contribution in [0.1, 0.15) is 50.3 Å². The van der Waals surface area contributed by atoms with Crippen LogP contribution in [0.15, 0.2) is 103 Å². The standard InChI is InChI=1S/C37H44O6/c1-27(21-22-38)23-33(41-5)34(42-26-40-4)32(31-24-36(2,3)35(31)39)25-43-37(28-15-9-6-10-16-28,29-17-11-7-12-18-29)30-19-13-8-14-20-30/h6-20,22-23,31-34H,21,24-26H2,1-5H3/b27-23+/t31-,32+,33-,34-/m0/s1. The van der Waals surface area contributed by atoms with Crippen LogP contribution in [0.25, 0.3) is 0 Å². The van der Waals surface area contributed by atoms with Crippen molar-refractivity contribution in [2.75, 3.05) is 27.6 Å². The van der Waals surface area contributed by atoms with Gasteiger partial charge in [-0.05, 0) is 30.0 Å². The largest absolute Gasteiger partial charge is 0.375 e. The third kappa shape index (κ3) is 7.22. The summed E-state index contributed by atoms with van der Waals surface area (Å²) in [5.74, 6) is -0.481. The van der Waals surface area contributed by atoms with E-state index in [0.29, 0.717) is 6.42 Å². The zero-order valence-corrected chi connectivity index (χ0v) is 25.9. The van der Waals surface area contributed by atoms with Crippen LogP contribution in [0, 0.1) is 17.3 Å². The maximum atomic E-state index is 13.6. The third-order valence-corrected chi connectivity index (χ3v) is 8.53. The summed E-state index contributed by atoms with van der Waals surface area (Å²) in [6.45, 7) is 6.09. The van der Waals surface area contributed by atoms with Gasteiger partial charge in [0.05, 0.1) is 12.7 Å². The average molecular weight is 585 g/mol. The second kappa shape index (κ2) is 14.8. The van der Waals surface area contributed by atoms with Gasteiger partial charge in [0.15, 0.2) is 0 Å². The molecule has 4 atom stereocenters. The molecule has 3 aromatic carbocycles. The van der Waals surface area contributed by atoms with Gasteiger partial charge in [-0.15, -0.1) is 0 Å². The van der Waals surface area contributed by atoms with Gasteiger partial charge in [-0.2, -0.15) is 0 Å².